The number of aromatic nitrogens is 1. The van der Waals surface area contributed by atoms with E-state index in [-0.39, 0.29) is 6.42 Å². The van der Waals surface area contributed by atoms with Crippen LogP contribution in [-0.2, 0) is 20.7 Å². The van der Waals surface area contributed by atoms with Crippen molar-refractivity contribution in [3.8, 4) is 0 Å². The normalized spacial score (nSPS) is 11.2. The van der Waals surface area contributed by atoms with Gasteiger partial charge in [0.25, 0.3) is 5.60 Å². The van der Waals surface area contributed by atoms with Crippen LogP contribution < -0.4 is 0 Å². The van der Waals surface area contributed by atoms with Crippen LogP contribution in [-0.4, -0.2) is 39.8 Å². The Hall–Kier alpha value is -1.47. The van der Waals surface area contributed by atoms with Crippen molar-refractivity contribution < 1.29 is 24.5 Å². The summed E-state index contributed by atoms with van der Waals surface area (Å²) >= 11 is 3.13. The van der Waals surface area contributed by atoms with E-state index in [4.69, 9.17) is 10.2 Å². The lowest BCUT2D eigenvalue weighted by molar-refractivity contribution is -0.179. The SMILES string of the molecule is COC(Cc1ccc(Br)nc1)(C(=O)O)C(=O)O. The van der Waals surface area contributed by atoms with Gasteiger partial charge in [-0.05, 0) is 27.6 Å². The molecule has 1 heterocycles. The Labute approximate surface area is 105 Å². The molecule has 0 aromatic carbocycles. The number of ether oxygens (including phenoxy) is 1. The Morgan fingerprint density at radius 3 is 2.35 bits per heavy atom. The van der Waals surface area contributed by atoms with E-state index in [0.29, 0.717) is 10.2 Å². The van der Waals surface area contributed by atoms with Crippen molar-refractivity contribution >= 4 is 27.9 Å². The molecular weight excluding hydrogens is 294 g/mol. The highest BCUT2D eigenvalue weighted by atomic mass is 79.9. The number of hydrogen-bond acceptors (Lipinski definition) is 4. The molecule has 0 saturated carbocycles. The lowest BCUT2D eigenvalue weighted by Crippen LogP contribution is -2.50. The third-order valence-electron chi connectivity index (χ3n) is 2.28. The number of aliphatic carboxylic acids is 2. The van der Waals surface area contributed by atoms with E-state index in [1.54, 1.807) is 12.1 Å². The van der Waals surface area contributed by atoms with Crippen LogP contribution in [0.15, 0.2) is 22.9 Å². The molecule has 0 radical (unpaired) electrons. The molecular formula is C10H10BrNO5. The highest BCUT2D eigenvalue weighted by Crippen LogP contribution is 2.19. The first-order chi connectivity index (χ1) is 7.92. The Balaban J connectivity index is 3.06. The molecule has 0 unspecified atom stereocenters. The maximum Gasteiger partial charge on any atom is 0.348 e. The number of halogens is 1. The number of carboxylic acids is 2. The number of carbonyl (C=O) groups is 2. The smallest absolute Gasteiger partial charge is 0.348 e. The summed E-state index contributed by atoms with van der Waals surface area (Å²) < 4.78 is 5.24. The van der Waals surface area contributed by atoms with Crippen molar-refractivity contribution in [1.82, 2.24) is 4.98 Å². The number of rotatable bonds is 5. The molecule has 0 amide bonds. The second-order valence-corrected chi connectivity index (χ2v) is 4.12. The van der Waals surface area contributed by atoms with Gasteiger partial charge in [0.1, 0.15) is 4.60 Å². The molecule has 0 aliphatic heterocycles. The summed E-state index contributed by atoms with van der Waals surface area (Å²) in [5, 5.41) is 17.9. The van der Waals surface area contributed by atoms with E-state index < -0.39 is 17.5 Å². The third kappa shape index (κ3) is 2.80. The Kier molecular flexibility index (Phi) is 4.19. The van der Waals surface area contributed by atoms with Crippen molar-refractivity contribution in [2.75, 3.05) is 7.11 Å². The van der Waals surface area contributed by atoms with Gasteiger partial charge in [-0.1, -0.05) is 6.07 Å². The molecule has 0 spiro atoms. The highest BCUT2D eigenvalue weighted by molar-refractivity contribution is 9.10. The van der Waals surface area contributed by atoms with E-state index in [0.717, 1.165) is 7.11 Å². The molecule has 0 aliphatic carbocycles. The molecule has 0 saturated heterocycles. The van der Waals surface area contributed by atoms with E-state index in [9.17, 15) is 9.59 Å². The predicted molar refractivity (Wildman–Crippen MR) is 60.7 cm³/mol. The molecule has 2 N–H and O–H groups in total. The van der Waals surface area contributed by atoms with Gasteiger partial charge in [0.15, 0.2) is 0 Å². The van der Waals surface area contributed by atoms with Gasteiger partial charge in [0.05, 0.1) is 0 Å². The summed E-state index contributed by atoms with van der Waals surface area (Å²) in [6.07, 6.45) is 1.10. The van der Waals surface area contributed by atoms with Crippen LogP contribution in [0, 0.1) is 0 Å². The molecule has 0 atom stereocenters. The van der Waals surface area contributed by atoms with Crippen LogP contribution in [0.25, 0.3) is 0 Å². The summed E-state index contributed by atoms with van der Waals surface area (Å²) in [5.41, 5.74) is -1.82. The summed E-state index contributed by atoms with van der Waals surface area (Å²) in [4.78, 5) is 26.0. The Bertz CT molecular complexity index is 417. The minimum absolute atomic E-state index is 0.297. The van der Waals surface area contributed by atoms with Gasteiger partial charge in [0.2, 0.25) is 0 Å². The summed E-state index contributed by atoms with van der Waals surface area (Å²) in [7, 11) is 1.05. The largest absolute Gasteiger partial charge is 0.479 e. The van der Waals surface area contributed by atoms with Gasteiger partial charge >= 0.3 is 11.9 Å². The Morgan fingerprint density at radius 1 is 1.41 bits per heavy atom. The first kappa shape index (κ1) is 13.6. The van der Waals surface area contributed by atoms with Gasteiger partial charge in [0, 0.05) is 19.7 Å². The quantitative estimate of drug-likeness (QED) is 0.621. The lowest BCUT2D eigenvalue weighted by atomic mass is 9.95. The molecule has 1 aromatic rings. The fourth-order valence-electron chi connectivity index (χ4n) is 1.29. The first-order valence-electron chi connectivity index (χ1n) is 4.55. The van der Waals surface area contributed by atoms with Gasteiger partial charge in [-0.15, -0.1) is 0 Å². The van der Waals surface area contributed by atoms with E-state index >= 15 is 0 Å². The fourth-order valence-corrected chi connectivity index (χ4v) is 1.52. The molecule has 92 valence electrons. The number of hydrogen-bond donors (Lipinski definition) is 2. The summed E-state index contributed by atoms with van der Waals surface area (Å²) in [6.45, 7) is 0. The van der Waals surface area contributed by atoms with Crippen molar-refractivity contribution in [1.29, 1.82) is 0 Å². The number of nitrogens with zero attached hydrogens (tertiary/aromatic N) is 1. The zero-order valence-corrected chi connectivity index (χ0v) is 10.5. The second kappa shape index (κ2) is 5.24. The van der Waals surface area contributed by atoms with Crippen LogP contribution in [0.1, 0.15) is 5.56 Å². The summed E-state index contributed by atoms with van der Waals surface area (Å²) in [6, 6.07) is 3.18. The molecule has 7 heteroatoms. The number of pyridine rings is 1. The fraction of sp³-hybridized carbons (Fsp3) is 0.300. The first-order valence-corrected chi connectivity index (χ1v) is 5.34. The zero-order valence-electron chi connectivity index (χ0n) is 8.88. The Morgan fingerprint density at radius 2 is 2.00 bits per heavy atom. The van der Waals surface area contributed by atoms with Crippen LogP contribution in [0.5, 0.6) is 0 Å². The molecule has 1 aromatic heterocycles. The minimum Gasteiger partial charge on any atom is -0.479 e. The standard InChI is InChI=1S/C10H10BrNO5/c1-17-10(8(13)14,9(15)16)4-6-2-3-7(11)12-5-6/h2-3,5H,4H2,1H3,(H,13,14)(H,15,16). The van der Waals surface area contributed by atoms with Crippen LogP contribution in [0.3, 0.4) is 0 Å². The van der Waals surface area contributed by atoms with E-state index in [2.05, 4.69) is 25.7 Å². The van der Waals surface area contributed by atoms with Gasteiger partial charge in [-0.25, -0.2) is 14.6 Å². The van der Waals surface area contributed by atoms with Gasteiger partial charge < -0.3 is 14.9 Å². The van der Waals surface area contributed by atoms with Crippen LogP contribution in [0.2, 0.25) is 0 Å². The van der Waals surface area contributed by atoms with Crippen molar-refractivity contribution in [2.45, 2.75) is 12.0 Å². The minimum atomic E-state index is -2.28. The molecule has 1 rings (SSSR count). The van der Waals surface area contributed by atoms with E-state index in [1.165, 1.54) is 6.20 Å². The molecule has 0 bridgehead atoms. The number of methoxy groups -OCH3 is 1. The maximum atomic E-state index is 11.0. The average Bonchev–Trinajstić information content (AvgIpc) is 2.27. The van der Waals surface area contributed by atoms with Crippen molar-refractivity contribution in [3.05, 3.63) is 28.5 Å². The molecule has 0 aliphatic rings. The van der Waals surface area contributed by atoms with E-state index in [1.807, 2.05) is 0 Å². The lowest BCUT2D eigenvalue weighted by Gasteiger charge is -2.22. The highest BCUT2D eigenvalue weighted by Gasteiger charge is 2.47. The molecule has 17 heavy (non-hydrogen) atoms. The predicted octanol–water partition coefficient (Wildman–Crippen LogP) is 0.941. The second-order valence-electron chi connectivity index (χ2n) is 3.31. The zero-order chi connectivity index (χ0) is 13.1. The molecule has 6 nitrogen and oxygen atoms in total. The average molecular weight is 304 g/mol. The number of carboxylic acid groups (broad SMARTS) is 2. The van der Waals surface area contributed by atoms with Gasteiger partial charge in [-0.2, -0.15) is 0 Å². The van der Waals surface area contributed by atoms with Crippen molar-refractivity contribution in [2.24, 2.45) is 0 Å². The van der Waals surface area contributed by atoms with Crippen molar-refractivity contribution in [3.63, 3.8) is 0 Å². The van der Waals surface area contributed by atoms with Crippen LogP contribution in [0.4, 0.5) is 0 Å². The summed E-state index contributed by atoms with van der Waals surface area (Å²) in [5.74, 6) is -3.09. The maximum absolute atomic E-state index is 11.0. The molecule has 0 fully saturated rings. The monoisotopic (exact) mass is 303 g/mol. The third-order valence-corrected chi connectivity index (χ3v) is 2.75. The topological polar surface area (TPSA) is 96.7 Å². The van der Waals surface area contributed by atoms with Gasteiger partial charge in [-0.3, -0.25) is 0 Å². The van der Waals surface area contributed by atoms with Crippen LogP contribution >= 0.6 is 15.9 Å².